The molecule has 0 heterocycles. The third-order valence-corrected chi connectivity index (χ3v) is 2.59. The van der Waals surface area contributed by atoms with Crippen molar-refractivity contribution in [2.24, 2.45) is 0 Å². The highest BCUT2D eigenvalue weighted by Gasteiger charge is 2.30. The topological polar surface area (TPSA) is 55.6 Å². The minimum Gasteiger partial charge on any atom is -0.482 e. The molecule has 0 fully saturated rings. The van der Waals surface area contributed by atoms with E-state index in [0.717, 1.165) is 18.2 Å². The lowest BCUT2D eigenvalue weighted by molar-refractivity contribution is -0.137. The SMILES string of the molecule is CCN(C)C(=O)COc1ccc(C(F)(F)F)cc1N. The molecule has 1 aromatic rings. The van der Waals surface area contributed by atoms with Crippen LogP contribution < -0.4 is 10.5 Å². The van der Waals surface area contributed by atoms with Crippen LogP contribution in [0.1, 0.15) is 12.5 Å². The van der Waals surface area contributed by atoms with Crippen LogP contribution in [0.25, 0.3) is 0 Å². The zero-order valence-electron chi connectivity index (χ0n) is 10.6. The van der Waals surface area contributed by atoms with E-state index in [9.17, 15) is 18.0 Å². The first-order valence-electron chi connectivity index (χ1n) is 5.59. The van der Waals surface area contributed by atoms with Crippen LogP contribution in [-0.2, 0) is 11.0 Å². The standard InChI is InChI=1S/C12H15F3N2O2/c1-3-17(2)11(18)7-19-10-5-4-8(6-9(10)16)12(13,14)15/h4-6H,3,7,16H2,1-2H3. The lowest BCUT2D eigenvalue weighted by Gasteiger charge is -2.16. The molecule has 0 aliphatic heterocycles. The normalized spacial score (nSPS) is 11.2. The van der Waals surface area contributed by atoms with Gasteiger partial charge in [0.15, 0.2) is 6.61 Å². The van der Waals surface area contributed by atoms with Gasteiger partial charge in [-0.15, -0.1) is 0 Å². The number of carbonyl (C=O) groups excluding carboxylic acids is 1. The molecule has 0 unspecified atom stereocenters. The molecule has 1 rings (SSSR count). The highest BCUT2D eigenvalue weighted by atomic mass is 19.4. The molecule has 0 saturated carbocycles. The number of nitrogens with zero attached hydrogens (tertiary/aromatic N) is 1. The van der Waals surface area contributed by atoms with Crippen LogP contribution >= 0.6 is 0 Å². The number of nitrogens with two attached hydrogens (primary N) is 1. The van der Waals surface area contributed by atoms with Crippen molar-refractivity contribution in [3.8, 4) is 5.75 Å². The number of amides is 1. The molecule has 0 saturated heterocycles. The summed E-state index contributed by atoms with van der Waals surface area (Å²) < 4.78 is 42.3. The van der Waals surface area contributed by atoms with E-state index in [4.69, 9.17) is 10.5 Å². The molecule has 0 aliphatic carbocycles. The molecule has 0 spiro atoms. The number of alkyl halides is 3. The number of hydrogen-bond acceptors (Lipinski definition) is 3. The number of carbonyl (C=O) groups is 1. The van der Waals surface area contributed by atoms with E-state index in [2.05, 4.69) is 0 Å². The van der Waals surface area contributed by atoms with Gasteiger partial charge in [0.1, 0.15) is 5.75 Å². The number of likely N-dealkylation sites (N-methyl/N-ethyl adjacent to an activating group) is 1. The van der Waals surface area contributed by atoms with Gasteiger partial charge in [0.2, 0.25) is 0 Å². The van der Waals surface area contributed by atoms with Gasteiger partial charge in [-0.2, -0.15) is 13.2 Å². The largest absolute Gasteiger partial charge is 0.482 e. The highest BCUT2D eigenvalue weighted by Crippen LogP contribution is 2.33. The van der Waals surface area contributed by atoms with Gasteiger partial charge < -0.3 is 15.4 Å². The smallest absolute Gasteiger partial charge is 0.416 e. The molecule has 1 aromatic carbocycles. The van der Waals surface area contributed by atoms with E-state index in [1.807, 2.05) is 0 Å². The third-order valence-electron chi connectivity index (χ3n) is 2.59. The van der Waals surface area contributed by atoms with Crippen molar-refractivity contribution in [2.45, 2.75) is 13.1 Å². The number of nitrogen functional groups attached to an aromatic ring is 1. The molecule has 0 radical (unpaired) electrons. The van der Waals surface area contributed by atoms with Crippen LogP contribution in [0, 0.1) is 0 Å². The number of rotatable bonds is 4. The van der Waals surface area contributed by atoms with Crippen molar-refractivity contribution in [1.82, 2.24) is 4.90 Å². The maximum Gasteiger partial charge on any atom is 0.416 e. The molecular weight excluding hydrogens is 261 g/mol. The number of benzene rings is 1. The molecule has 19 heavy (non-hydrogen) atoms. The number of hydrogen-bond donors (Lipinski definition) is 1. The van der Waals surface area contributed by atoms with Crippen LogP contribution in [0.4, 0.5) is 18.9 Å². The Balaban J connectivity index is 2.74. The number of anilines is 1. The van der Waals surface area contributed by atoms with Crippen LogP contribution in [0.15, 0.2) is 18.2 Å². The van der Waals surface area contributed by atoms with Crippen molar-refractivity contribution in [2.75, 3.05) is 25.9 Å². The Hall–Kier alpha value is -1.92. The summed E-state index contributed by atoms with van der Waals surface area (Å²) in [6.45, 7) is 2.05. The molecule has 4 nitrogen and oxygen atoms in total. The van der Waals surface area contributed by atoms with E-state index < -0.39 is 11.7 Å². The summed E-state index contributed by atoms with van der Waals surface area (Å²) in [4.78, 5) is 12.9. The first kappa shape index (κ1) is 15.1. The molecule has 1 amide bonds. The van der Waals surface area contributed by atoms with Gasteiger partial charge in [-0.1, -0.05) is 0 Å². The quantitative estimate of drug-likeness (QED) is 0.857. The molecule has 106 valence electrons. The Morgan fingerprint density at radius 1 is 1.42 bits per heavy atom. The zero-order valence-corrected chi connectivity index (χ0v) is 10.6. The summed E-state index contributed by atoms with van der Waals surface area (Å²) in [5.41, 5.74) is 4.46. The Labute approximate surface area is 108 Å². The Morgan fingerprint density at radius 3 is 2.53 bits per heavy atom. The molecule has 0 aliphatic rings. The maximum atomic E-state index is 12.4. The van der Waals surface area contributed by atoms with E-state index in [1.54, 1.807) is 14.0 Å². The average Bonchev–Trinajstić information content (AvgIpc) is 2.34. The second kappa shape index (κ2) is 5.81. The second-order valence-corrected chi connectivity index (χ2v) is 3.95. The van der Waals surface area contributed by atoms with Gasteiger partial charge in [-0.25, -0.2) is 0 Å². The van der Waals surface area contributed by atoms with E-state index in [1.165, 1.54) is 4.90 Å². The van der Waals surface area contributed by atoms with Gasteiger partial charge in [-0.05, 0) is 25.1 Å². The van der Waals surface area contributed by atoms with Crippen LogP contribution in [0.2, 0.25) is 0 Å². The van der Waals surface area contributed by atoms with Crippen molar-refractivity contribution in [1.29, 1.82) is 0 Å². The third kappa shape index (κ3) is 4.04. The predicted octanol–water partition coefficient (Wildman–Crippen LogP) is 2.14. The predicted molar refractivity (Wildman–Crippen MR) is 64.7 cm³/mol. The maximum absolute atomic E-state index is 12.4. The lowest BCUT2D eigenvalue weighted by atomic mass is 10.2. The fourth-order valence-corrected chi connectivity index (χ4v) is 1.28. The summed E-state index contributed by atoms with van der Waals surface area (Å²) in [5.74, 6) is -0.215. The minimum absolute atomic E-state index is 0.0610. The van der Waals surface area contributed by atoms with Gasteiger partial charge in [0.05, 0.1) is 11.3 Å². The highest BCUT2D eigenvalue weighted by molar-refractivity contribution is 5.77. The van der Waals surface area contributed by atoms with Crippen LogP contribution in [-0.4, -0.2) is 31.0 Å². The average molecular weight is 276 g/mol. The van der Waals surface area contributed by atoms with E-state index >= 15 is 0 Å². The Bertz CT molecular complexity index is 461. The first-order valence-corrected chi connectivity index (χ1v) is 5.59. The molecular formula is C12H15F3N2O2. The zero-order chi connectivity index (χ0) is 14.6. The Morgan fingerprint density at radius 2 is 2.05 bits per heavy atom. The number of ether oxygens (including phenoxy) is 1. The summed E-state index contributed by atoms with van der Waals surface area (Å²) in [6.07, 6.45) is -4.45. The van der Waals surface area contributed by atoms with E-state index in [0.29, 0.717) is 6.54 Å². The van der Waals surface area contributed by atoms with Crippen LogP contribution in [0.3, 0.4) is 0 Å². The fourth-order valence-electron chi connectivity index (χ4n) is 1.28. The molecule has 0 aromatic heterocycles. The molecule has 2 N–H and O–H groups in total. The van der Waals surface area contributed by atoms with Gasteiger partial charge in [-0.3, -0.25) is 4.79 Å². The van der Waals surface area contributed by atoms with Crippen molar-refractivity contribution < 1.29 is 22.7 Å². The van der Waals surface area contributed by atoms with Crippen molar-refractivity contribution >= 4 is 11.6 Å². The van der Waals surface area contributed by atoms with E-state index in [-0.39, 0.29) is 24.0 Å². The molecule has 7 heteroatoms. The monoisotopic (exact) mass is 276 g/mol. The summed E-state index contributed by atoms with van der Waals surface area (Å²) in [7, 11) is 1.60. The minimum atomic E-state index is -4.45. The summed E-state index contributed by atoms with van der Waals surface area (Å²) in [6, 6.07) is 2.75. The summed E-state index contributed by atoms with van der Waals surface area (Å²) in [5, 5.41) is 0. The van der Waals surface area contributed by atoms with Crippen molar-refractivity contribution in [3.05, 3.63) is 23.8 Å². The lowest BCUT2D eigenvalue weighted by Crippen LogP contribution is -2.31. The van der Waals surface area contributed by atoms with Gasteiger partial charge >= 0.3 is 6.18 Å². The van der Waals surface area contributed by atoms with Crippen LogP contribution in [0.5, 0.6) is 5.75 Å². The Kier molecular flexibility index (Phi) is 4.63. The summed E-state index contributed by atoms with van der Waals surface area (Å²) >= 11 is 0. The molecule has 0 bridgehead atoms. The number of halogens is 3. The van der Waals surface area contributed by atoms with Crippen molar-refractivity contribution in [3.63, 3.8) is 0 Å². The van der Waals surface area contributed by atoms with Gasteiger partial charge in [0.25, 0.3) is 5.91 Å². The molecule has 0 atom stereocenters. The van der Waals surface area contributed by atoms with Gasteiger partial charge in [0, 0.05) is 13.6 Å². The fraction of sp³-hybridized carbons (Fsp3) is 0.417. The second-order valence-electron chi connectivity index (χ2n) is 3.95. The first-order chi connectivity index (χ1) is 8.75.